The Balaban J connectivity index is 1.21. The van der Waals surface area contributed by atoms with Crippen LogP contribution in [0.15, 0.2) is 97.5 Å². The second-order valence-electron chi connectivity index (χ2n) is 8.46. The van der Waals surface area contributed by atoms with E-state index in [-0.39, 0.29) is 0 Å². The van der Waals surface area contributed by atoms with Crippen molar-refractivity contribution in [2.45, 2.75) is 0 Å². The van der Waals surface area contributed by atoms with Crippen LogP contribution in [0, 0.1) is 0 Å². The number of pyridine rings is 1. The quantitative estimate of drug-likeness (QED) is 0.284. The number of nitrogens with one attached hydrogen (secondary N) is 3. The molecule has 3 N–H and O–H groups in total. The van der Waals surface area contributed by atoms with E-state index in [9.17, 15) is 0 Å². The van der Waals surface area contributed by atoms with Gasteiger partial charge in [0.1, 0.15) is 5.82 Å². The SMILES string of the molecule is c1ccc2cc(-c3cc4ccc(-c5nccc(Nc6ccc7[nH]ncc7c6)n5)cc4[nH]3)ncc2c1. The van der Waals surface area contributed by atoms with Gasteiger partial charge in [-0.1, -0.05) is 36.4 Å². The number of hydrogen-bond acceptors (Lipinski definition) is 5. The summed E-state index contributed by atoms with van der Waals surface area (Å²) in [6.45, 7) is 0. The lowest BCUT2D eigenvalue weighted by Crippen LogP contribution is -1.96. The fraction of sp³-hybridized carbons (Fsp3) is 0. The highest BCUT2D eigenvalue weighted by molar-refractivity contribution is 5.90. The predicted molar refractivity (Wildman–Crippen MR) is 139 cm³/mol. The van der Waals surface area contributed by atoms with Crippen molar-refractivity contribution in [3.63, 3.8) is 0 Å². The summed E-state index contributed by atoms with van der Waals surface area (Å²) in [5.74, 6) is 1.38. The molecule has 0 aliphatic heterocycles. The Morgan fingerprint density at radius 3 is 2.60 bits per heavy atom. The lowest BCUT2D eigenvalue weighted by atomic mass is 10.1. The minimum Gasteiger partial charge on any atom is -0.353 e. The molecule has 7 rings (SSSR count). The Morgan fingerprint density at radius 2 is 1.63 bits per heavy atom. The van der Waals surface area contributed by atoms with Crippen molar-refractivity contribution in [1.29, 1.82) is 0 Å². The maximum absolute atomic E-state index is 4.74. The third kappa shape index (κ3) is 3.55. The van der Waals surface area contributed by atoms with Crippen LogP contribution in [0.4, 0.5) is 11.5 Å². The molecule has 0 bridgehead atoms. The number of aromatic amines is 2. The van der Waals surface area contributed by atoms with E-state index in [0.717, 1.165) is 55.6 Å². The number of anilines is 2. The number of H-pyrrole nitrogens is 2. The van der Waals surface area contributed by atoms with E-state index in [4.69, 9.17) is 4.98 Å². The van der Waals surface area contributed by atoms with Crippen LogP contribution in [0.1, 0.15) is 0 Å². The Hall–Kier alpha value is -5.04. The molecule has 0 aliphatic rings. The molecule has 0 radical (unpaired) electrons. The first-order valence-corrected chi connectivity index (χ1v) is 11.3. The van der Waals surface area contributed by atoms with E-state index >= 15 is 0 Å². The summed E-state index contributed by atoms with van der Waals surface area (Å²) in [6.07, 6.45) is 5.49. The van der Waals surface area contributed by atoms with Crippen LogP contribution in [-0.4, -0.2) is 30.1 Å². The molecule has 4 heterocycles. The van der Waals surface area contributed by atoms with Crippen molar-refractivity contribution in [2.24, 2.45) is 0 Å². The van der Waals surface area contributed by atoms with E-state index < -0.39 is 0 Å². The summed E-state index contributed by atoms with van der Waals surface area (Å²) in [7, 11) is 0. The standard InChI is InChI=1S/C28H19N7/c1-2-4-20-15-30-25(12-17(20)3-1)26-13-18-5-6-19(14-24(18)33-26)28-29-10-9-27(34-28)32-22-7-8-23-21(11-22)16-31-35-23/h1-16,33H,(H,31,35)(H,29,32,34). The Kier molecular flexibility index (Phi) is 4.32. The van der Waals surface area contributed by atoms with Crippen molar-refractivity contribution in [1.82, 2.24) is 30.1 Å². The first-order valence-electron chi connectivity index (χ1n) is 11.3. The van der Waals surface area contributed by atoms with E-state index in [1.807, 2.05) is 48.7 Å². The highest BCUT2D eigenvalue weighted by Gasteiger charge is 2.09. The van der Waals surface area contributed by atoms with Gasteiger partial charge in [0.25, 0.3) is 0 Å². The molecular formula is C28H19N7. The van der Waals surface area contributed by atoms with Crippen LogP contribution >= 0.6 is 0 Å². The number of hydrogen-bond donors (Lipinski definition) is 3. The largest absolute Gasteiger partial charge is 0.353 e. The number of aromatic nitrogens is 6. The summed E-state index contributed by atoms with van der Waals surface area (Å²) in [6, 6.07) is 26.6. The van der Waals surface area contributed by atoms with Gasteiger partial charge >= 0.3 is 0 Å². The van der Waals surface area contributed by atoms with Gasteiger partial charge in [0.05, 0.1) is 23.1 Å². The second-order valence-corrected chi connectivity index (χ2v) is 8.46. The van der Waals surface area contributed by atoms with Crippen molar-refractivity contribution < 1.29 is 0 Å². The molecule has 0 aliphatic carbocycles. The molecule has 0 fully saturated rings. The van der Waals surface area contributed by atoms with E-state index in [2.05, 4.69) is 66.9 Å². The molecule has 0 saturated heterocycles. The third-order valence-electron chi connectivity index (χ3n) is 6.16. The number of fused-ring (bicyclic) bond motifs is 3. The Labute approximate surface area is 199 Å². The molecule has 0 unspecified atom stereocenters. The van der Waals surface area contributed by atoms with E-state index in [1.165, 1.54) is 5.39 Å². The normalized spacial score (nSPS) is 11.4. The number of nitrogens with zero attached hydrogens (tertiary/aromatic N) is 4. The van der Waals surface area contributed by atoms with Gasteiger partial charge in [0.2, 0.25) is 0 Å². The van der Waals surface area contributed by atoms with Crippen LogP contribution in [0.3, 0.4) is 0 Å². The fourth-order valence-corrected chi connectivity index (χ4v) is 4.37. The summed E-state index contributed by atoms with van der Waals surface area (Å²) in [4.78, 5) is 17.4. The average molecular weight is 454 g/mol. The van der Waals surface area contributed by atoms with Gasteiger partial charge in [-0.3, -0.25) is 10.1 Å². The Morgan fingerprint density at radius 1 is 0.686 bits per heavy atom. The molecule has 0 atom stereocenters. The second kappa shape index (κ2) is 7.78. The summed E-state index contributed by atoms with van der Waals surface area (Å²) in [5.41, 5.74) is 5.78. The van der Waals surface area contributed by atoms with Crippen molar-refractivity contribution in [3.05, 3.63) is 97.5 Å². The van der Waals surface area contributed by atoms with Gasteiger partial charge < -0.3 is 10.3 Å². The highest BCUT2D eigenvalue weighted by Crippen LogP contribution is 2.28. The molecule has 0 amide bonds. The summed E-state index contributed by atoms with van der Waals surface area (Å²) >= 11 is 0. The first-order chi connectivity index (χ1) is 17.3. The van der Waals surface area contributed by atoms with Gasteiger partial charge in [-0.15, -0.1) is 0 Å². The zero-order valence-electron chi connectivity index (χ0n) is 18.5. The minimum atomic E-state index is 0.654. The van der Waals surface area contributed by atoms with Crippen molar-refractivity contribution in [2.75, 3.05) is 5.32 Å². The zero-order valence-corrected chi connectivity index (χ0v) is 18.5. The molecule has 7 heteroatoms. The van der Waals surface area contributed by atoms with Crippen LogP contribution in [0.5, 0.6) is 0 Å². The van der Waals surface area contributed by atoms with Gasteiger partial charge in [-0.2, -0.15) is 5.10 Å². The summed E-state index contributed by atoms with van der Waals surface area (Å²) < 4.78 is 0. The maximum Gasteiger partial charge on any atom is 0.161 e. The van der Waals surface area contributed by atoms with Gasteiger partial charge in [0.15, 0.2) is 5.82 Å². The molecule has 35 heavy (non-hydrogen) atoms. The molecule has 4 aromatic heterocycles. The zero-order chi connectivity index (χ0) is 23.2. The van der Waals surface area contributed by atoms with Gasteiger partial charge in [0, 0.05) is 45.3 Å². The number of rotatable bonds is 4. The smallest absolute Gasteiger partial charge is 0.161 e. The van der Waals surface area contributed by atoms with Crippen LogP contribution in [0.2, 0.25) is 0 Å². The molecule has 3 aromatic carbocycles. The first kappa shape index (κ1) is 19.4. The lowest BCUT2D eigenvalue weighted by molar-refractivity contribution is 1.12. The van der Waals surface area contributed by atoms with Crippen LogP contribution < -0.4 is 5.32 Å². The average Bonchev–Trinajstić information content (AvgIpc) is 3.55. The van der Waals surface area contributed by atoms with E-state index in [1.54, 1.807) is 12.4 Å². The topological polar surface area (TPSA) is 95.2 Å². The van der Waals surface area contributed by atoms with Gasteiger partial charge in [-0.25, -0.2) is 9.97 Å². The van der Waals surface area contributed by atoms with Crippen LogP contribution in [-0.2, 0) is 0 Å². The van der Waals surface area contributed by atoms with Crippen molar-refractivity contribution in [3.8, 4) is 22.8 Å². The maximum atomic E-state index is 4.74. The predicted octanol–water partition coefficient (Wildman–Crippen LogP) is 6.46. The molecule has 7 nitrogen and oxygen atoms in total. The van der Waals surface area contributed by atoms with Crippen LogP contribution in [0.25, 0.3) is 55.4 Å². The fourth-order valence-electron chi connectivity index (χ4n) is 4.37. The molecule has 166 valence electrons. The third-order valence-corrected chi connectivity index (χ3v) is 6.16. The number of benzene rings is 3. The summed E-state index contributed by atoms with van der Waals surface area (Å²) in [5, 5.41) is 14.9. The van der Waals surface area contributed by atoms with Gasteiger partial charge in [-0.05, 0) is 47.9 Å². The van der Waals surface area contributed by atoms with E-state index in [0.29, 0.717) is 5.82 Å². The highest BCUT2D eigenvalue weighted by atomic mass is 15.1. The van der Waals surface area contributed by atoms with Crippen molar-refractivity contribution >= 4 is 44.1 Å². The molecule has 7 aromatic rings. The lowest BCUT2D eigenvalue weighted by Gasteiger charge is -2.07. The molecule has 0 spiro atoms. The monoisotopic (exact) mass is 453 g/mol. The molecule has 0 saturated carbocycles. The minimum absolute atomic E-state index is 0.654. The molecular weight excluding hydrogens is 434 g/mol. The Bertz CT molecular complexity index is 1850.